The first-order valence-corrected chi connectivity index (χ1v) is 6.79. The van der Waals surface area contributed by atoms with Crippen molar-refractivity contribution in [3.8, 4) is 11.8 Å². The number of aryl methyl sites for hydroxylation is 2. The number of rotatable bonds is 3. The van der Waals surface area contributed by atoms with Crippen LogP contribution in [-0.4, -0.2) is 11.0 Å². The van der Waals surface area contributed by atoms with Crippen LogP contribution in [0.4, 0.5) is 5.69 Å². The van der Waals surface area contributed by atoms with Gasteiger partial charge in [-0.3, -0.25) is 4.79 Å². The number of phenolic OH excluding ortho intramolecular Hbond substituents is 1. The van der Waals surface area contributed by atoms with Crippen LogP contribution in [0.1, 0.15) is 16.7 Å². The molecule has 0 spiro atoms. The summed E-state index contributed by atoms with van der Waals surface area (Å²) in [5.74, 6) is -0.235. The number of nitriles is 1. The van der Waals surface area contributed by atoms with E-state index in [1.807, 2.05) is 12.1 Å². The van der Waals surface area contributed by atoms with Crippen LogP contribution in [0.2, 0.25) is 0 Å². The first-order chi connectivity index (χ1) is 10.5. The number of aromatic hydroxyl groups is 1. The average Bonchev–Trinajstić information content (AvgIpc) is 2.51. The zero-order valence-corrected chi connectivity index (χ0v) is 12.4. The van der Waals surface area contributed by atoms with Gasteiger partial charge in [-0.1, -0.05) is 18.2 Å². The Morgan fingerprint density at radius 1 is 1.18 bits per heavy atom. The number of amides is 1. The molecule has 0 atom stereocenters. The standard InChI is InChI=1S/C18H16N2O2/c1-12-8-14(9-13(2)17(12)21)10-15(11-19)18(22)20-16-6-4-3-5-7-16/h3-10,21H,1-2H3,(H,20,22)/b15-10-. The van der Waals surface area contributed by atoms with Crippen molar-refractivity contribution in [2.75, 3.05) is 5.32 Å². The second kappa shape index (κ2) is 6.59. The van der Waals surface area contributed by atoms with Crippen molar-refractivity contribution in [2.45, 2.75) is 13.8 Å². The Bertz CT molecular complexity index is 748. The molecule has 22 heavy (non-hydrogen) atoms. The molecule has 0 unspecified atom stereocenters. The van der Waals surface area contributed by atoms with Gasteiger partial charge >= 0.3 is 0 Å². The van der Waals surface area contributed by atoms with Crippen LogP contribution >= 0.6 is 0 Å². The zero-order chi connectivity index (χ0) is 16.1. The Kier molecular flexibility index (Phi) is 4.60. The minimum atomic E-state index is -0.461. The van der Waals surface area contributed by atoms with Crippen molar-refractivity contribution in [3.05, 3.63) is 64.7 Å². The molecule has 2 N–H and O–H groups in total. The van der Waals surface area contributed by atoms with Crippen LogP contribution in [-0.2, 0) is 4.79 Å². The molecule has 0 aliphatic rings. The van der Waals surface area contributed by atoms with E-state index < -0.39 is 5.91 Å². The van der Waals surface area contributed by atoms with E-state index >= 15 is 0 Å². The Balaban J connectivity index is 2.28. The number of hydrogen-bond acceptors (Lipinski definition) is 3. The zero-order valence-electron chi connectivity index (χ0n) is 12.4. The van der Waals surface area contributed by atoms with Crippen molar-refractivity contribution >= 4 is 17.7 Å². The number of carbonyl (C=O) groups excluding carboxylic acids is 1. The van der Waals surface area contributed by atoms with Crippen LogP contribution in [0.25, 0.3) is 6.08 Å². The van der Waals surface area contributed by atoms with Gasteiger partial charge < -0.3 is 10.4 Å². The maximum absolute atomic E-state index is 12.1. The number of nitrogens with one attached hydrogen (secondary N) is 1. The molecule has 0 radical (unpaired) electrons. The molecule has 0 aliphatic heterocycles. The smallest absolute Gasteiger partial charge is 0.266 e. The second-order valence-electron chi connectivity index (χ2n) is 4.99. The van der Waals surface area contributed by atoms with Gasteiger partial charge in [0.1, 0.15) is 17.4 Å². The predicted octanol–water partition coefficient (Wildman–Crippen LogP) is 3.55. The summed E-state index contributed by atoms with van der Waals surface area (Å²) in [6, 6.07) is 14.3. The highest BCUT2D eigenvalue weighted by Crippen LogP contribution is 2.24. The molecule has 0 saturated heterocycles. The van der Waals surface area contributed by atoms with E-state index in [-0.39, 0.29) is 11.3 Å². The molecular formula is C18H16N2O2. The summed E-state index contributed by atoms with van der Waals surface area (Å²) in [6.45, 7) is 3.55. The minimum absolute atomic E-state index is 0.00772. The average molecular weight is 292 g/mol. The lowest BCUT2D eigenvalue weighted by molar-refractivity contribution is -0.112. The molecule has 0 aliphatic carbocycles. The summed E-state index contributed by atoms with van der Waals surface area (Å²) in [4.78, 5) is 12.1. The van der Waals surface area contributed by atoms with E-state index in [1.54, 1.807) is 50.2 Å². The summed E-state index contributed by atoms with van der Waals surface area (Å²) < 4.78 is 0. The summed E-state index contributed by atoms with van der Waals surface area (Å²) in [7, 11) is 0. The highest BCUT2D eigenvalue weighted by Gasteiger charge is 2.10. The molecule has 2 rings (SSSR count). The number of para-hydroxylation sites is 1. The monoisotopic (exact) mass is 292 g/mol. The summed E-state index contributed by atoms with van der Waals surface area (Å²) >= 11 is 0. The van der Waals surface area contributed by atoms with Gasteiger partial charge in [0.15, 0.2) is 0 Å². The van der Waals surface area contributed by atoms with Crippen LogP contribution in [0.3, 0.4) is 0 Å². The van der Waals surface area contributed by atoms with E-state index in [1.165, 1.54) is 6.08 Å². The molecule has 0 saturated carbocycles. The Labute approximate surface area is 129 Å². The largest absolute Gasteiger partial charge is 0.507 e. The van der Waals surface area contributed by atoms with Crippen molar-refractivity contribution in [2.24, 2.45) is 0 Å². The Hall–Kier alpha value is -3.06. The van der Waals surface area contributed by atoms with E-state index in [2.05, 4.69) is 5.32 Å². The van der Waals surface area contributed by atoms with Gasteiger partial charge in [0.25, 0.3) is 5.91 Å². The van der Waals surface area contributed by atoms with Gasteiger partial charge in [0.2, 0.25) is 0 Å². The first-order valence-electron chi connectivity index (χ1n) is 6.79. The lowest BCUT2D eigenvalue weighted by Gasteiger charge is -2.06. The van der Waals surface area contributed by atoms with Gasteiger partial charge in [0, 0.05) is 5.69 Å². The molecule has 1 amide bonds. The highest BCUT2D eigenvalue weighted by molar-refractivity contribution is 6.09. The topological polar surface area (TPSA) is 73.1 Å². The fourth-order valence-corrected chi connectivity index (χ4v) is 2.11. The van der Waals surface area contributed by atoms with Crippen molar-refractivity contribution < 1.29 is 9.90 Å². The number of anilines is 1. The highest BCUT2D eigenvalue weighted by atomic mass is 16.3. The van der Waals surface area contributed by atoms with Crippen LogP contribution in [0.5, 0.6) is 5.75 Å². The number of phenols is 1. The van der Waals surface area contributed by atoms with Crippen molar-refractivity contribution in [3.63, 3.8) is 0 Å². The fraction of sp³-hybridized carbons (Fsp3) is 0.111. The van der Waals surface area contributed by atoms with Crippen molar-refractivity contribution in [1.82, 2.24) is 0 Å². The summed E-state index contributed by atoms with van der Waals surface area (Å²) in [5.41, 5.74) is 2.74. The van der Waals surface area contributed by atoms with Gasteiger partial charge in [-0.15, -0.1) is 0 Å². The summed E-state index contributed by atoms with van der Waals surface area (Å²) in [6.07, 6.45) is 1.51. The second-order valence-corrected chi connectivity index (χ2v) is 4.99. The molecule has 2 aromatic rings. The van der Waals surface area contributed by atoms with E-state index in [0.29, 0.717) is 22.4 Å². The number of nitrogens with zero attached hydrogens (tertiary/aromatic N) is 1. The lowest BCUT2D eigenvalue weighted by Crippen LogP contribution is -2.13. The molecule has 110 valence electrons. The van der Waals surface area contributed by atoms with Crippen molar-refractivity contribution in [1.29, 1.82) is 5.26 Å². The molecule has 2 aromatic carbocycles. The summed E-state index contributed by atoms with van der Waals surface area (Å²) in [5, 5.41) is 21.6. The third kappa shape index (κ3) is 3.53. The third-order valence-electron chi connectivity index (χ3n) is 3.22. The molecule has 4 heteroatoms. The van der Waals surface area contributed by atoms with Crippen LogP contribution in [0.15, 0.2) is 48.0 Å². The normalized spacial score (nSPS) is 10.9. The van der Waals surface area contributed by atoms with E-state index in [4.69, 9.17) is 0 Å². The Morgan fingerprint density at radius 2 is 1.77 bits per heavy atom. The third-order valence-corrected chi connectivity index (χ3v) is 3.22. The van der Waals surface area contributed by atoms with Gasteiger partial charge in [-0.05, 0) is 60.9 Å². The van der Waals surface area contributed by atoms with Crippen LogP contribution < -0.4 is 5.32 Å². The fourth-order valence-electron chi connectivity index (χ4n) is 2.11. The molecule has 0 heterocycles. The van der Waals surface area contributed by atoms with Gasteiger partial charge in [-0.25, -0.2) is 0 Å². The molecule has 4 nitrogen and oxygen atoms in total. The maximum Gasteiger partial charge on any atom is 0.266 e. The number of hydrogen-bond donors (Lipinski definition) is 2. The molecule has 0 bridgehead atoms. The molecule has 0 aromatic heterocycles. The Morgan fingerprint density at radius 3 is 2.32 bits per heavy atom. The van der Waals surface area contributed by atoms with Crippen LogP contribution in [0, 0.1) is 25.2 Å². The van der Waals surface area contributed by atoms with E-state index in [9.17, 15) is 15.2 Å². The first kappa shape index (κ1) is 15.3. The number of carbonyl (C=O) groups is 1. The molecule has 0 fully saturated rings. The number of benzene rings is 2. The predicted molar refractivity (Wildman–Crippen MR) is 86.2 cm³/mol. The van der Waals surface area contributed by atoms with E-state index in [0.717, 1.165) is 0 Å². The maximum atomic E-state index is 12.1. The van der Waals surface area contributed by atoms with Gasteiger partial charge in [-0.2, -0.15) is 5.26 Å². The SMILES string of the molecule is Cc1cc(/C=C(/C#N)C(=O)Nc2ccccc2)cc(C)c1O. The van der Waals surface area contributed by atoms with Gasteiger partial charge in [0.05, 0.1) is 0 Å². The minimum Gasteiger partial charge on any atom is -0.507 e. The molecular weight excluding hydrogens is 276 g/mol. The quantitative estimate of drug-likeness (QED) is 0.671. The lowest BCUT2D eigenvalue weighted by atomic mass is 10.0.